The Morgan fingerprint density at radius 3 is 2.57 bits per heavy atom. The maximum Gasteiger partial charge on any atom is 0.194 e. The molecule has 0 radical (unpaired) electrons. The lowest BCUT2D eigenvalue weighted by Gasteiger charge is -2.24. The third-order valence-corrected chi connectivity index (χ3v) is 4.72. The van der Waals surface area contributed by atoms with E-state index in [4.69, 9.17) is 0 Å². The van der Waals surface area contributed by atoms with Crippen molar-refractivity contribution < 1.29 is 4.79 Å². The predicted molar refractivity (Wildman–Crippen MR) is 83.5 cm³/mol. The van der Waals surface area contributed by atoms with Gasteiger partial charge < -0.3 is 4.90 Å². The minimum Gasteiger partial charge on any atom is -0.383 e. The van der Waals surface area contributed by atoms with Crippen LogP contribution in [0, 0.1) is 0 Å². The molecule has 0 atom stereocenters. The summed E-state index contributed by atoms with van der Waals surface area (Å²) in [5.41, 5.74) is 4.05. The third kappa shape index (κ3) is 2.63. The molecule has 0 bridgehead atoms. The summed E-state index contributed by atoms with van der Waals surface area (Å²) >= 11 is 0. The first-order valence-corrected chi connectivity index (χ1v) is 8.05. The van der Waals surface area contributed by atoms with Gasteiger partial charge in [0.2, 0.25) is 0 Å². The molecule has 1 saturated carbocycles. The van der Waals surface area contributed by atoms with Crippen LogP contribution in [-0.4, -0.2) is 34.6 Å². The van der Waals surface area contributed by atoms with Crippen LogP contribution in [0.3, 0.4) is 0 Å². The maximum absolute atomic E-state index is 12.9. The molecule has 1 fully saturated rings. The Balaban J connectivity index is 2.01. The summed E-state index contributed by atoms with van der Waals surface area (Å²) in [6, 6.07) is 0. The Hall–Kier alpha value is -1.58. The molecule has 21 heavy (non-hydrogen) atoms. The molecule has 0 spiro atoms. The number of nitrogens with zero attached hydrogens (tertiary/aromatic N) is 3. The molecule has 2 aliphatic rings. The van der Waals surface area contributed by atoms with Crippen molar-refractivity contribution in [2.45, 2.75) is 50.9 Å². The highest BCUT2D eigenvalue weighted by Crippen LogP contribution is 2.38. The molecule has 4 heteroatoms. The number of carbonyl (C=O) groups excluding carboxylic acids is 1. The molecule has 4 nitrogen and oxygen atoms in total. The molecule has 0 saturated heterocycles. The summed E-state index contributed by atoms with van der Waals surface area (Å²) in [6.07, 6.45) is 9.96. The zero-order valence-corrected chi connectivity index (χ0v) is 13.4. The summed E-state index contributed by atoms with van der Waals surface area (Å²) in [5.74, 6) is 0.723. The molecular weight excluding hydrogens is 262 g/mol. The maximum atomic E-state index is 12.9. The molecule has 0 aromatic carbocycles. The van der Waals surface area contributed by atoms with E-state index >= 15 is 0 Å². The van der Waals surface area contributed by atoms with E-state index in [9.17, 15) is 4.79 Å². The van der Waals surface area contributed by atoms with Gasteiger partial charge in [-0.3, -0.25) is 9.48 Å². The van der Waals surface area contributed by atoms with Crippen molar-refractivity contribution in [3.05, 3.63) is 28.7 Å². The number of hydrogen-bond donors (Lipinski definition) is 0. The van der Waals surface area contributed by atoms with Gasteiger partial charge in [0.25, 0.3) is 0 Å². The quantitative estimate of drug-likeness (QED) is 0.785. The number of aromatic nitrogens is 2. The first-order chi connectivity index (χ1) is 10.1. The first-order valence-electron chi connectivity index (χ1n) is 8.05. The molecular formula is C17H25N3O. The Morgan fingerprint density at radius 2 is 1.90 bits per heavy atom. The van der Waals surface area contributed by atoms with Crippen molar-refractivity contribution >= 4 is 5.78 Å². The standard InChI is InChI=1S/C17H25N3O/c1-19(2)11-13-9-10-14-15(17(13)21)16(20(3)18-14)12-7-5-4-6-8-12/h11-12H,4-10H2,1-3H3. The van der Waals surface area contributed by atoms with Crippen LogP contribution in [0.25, 0.3) is 0 Å². The smallest absolute Gasteiger partial charge is 0.194 e. The normalized spacial score (nSPS) is 21.7. The van der Waals surface area contributed by atoms with Gasteiger partial charge in [-0.1, -0.05) is 19.3 Å². The summed E-state index contributed by atoms with van der Waals surface area (Å²) in [4.78, 5) is 14.8. The number of Topliss-reactive ketones (excluding diaryl/α,β-unsaturated/α-hetero) is 1. The highest BCUT2D eigenvalue weighted by molar-refractivity contribution is 6.11. The number of aryl methyl sites for hydroxylation is 2. The van der Waals surface area contributed by atoms with Gasteiger partial charge >= 0.3 is 0 Å². The summed E-state index contributed by atoms with van der Waals surface area (Å²) < 4.78 is 1.98. The monoisotopic (exact) mass is 287 g/mol. The van der Waals surface area contributed by atoms with Crippen molar-refractivity contribution in [3.63, 3.8) is 0 Å². The molecule has 0 unspecified atom stereocenters. The Bertz CT molecular complexity index is 577. The summed E-state index contributed by atoms with van der Waals surface area (Å²) in [7, 11) is 5.95. The van der Waals surface area contributed by atoms with Gasteiger partial charge in [0.15, 0.2) is 5.78 Å². The Morgan fingerprint density at radius 1 is 1.19 bits per heavy atom. The van der Waals surface area contributed by atoms with E-state index in [0.29, 0.717) is 5.92 Å². The van der Waals surface area contributed by atoms with E-state index in [1.54, 1.807) is 0 Å². The molecule has 0 aliphatic heterocycles. The minimum atomic E-state index is 0.207. The van der Waals surface area contributed by atoms with Gasteiger partial charge in [-0.25, -0.2) is 0 Å². The van der Waals surface area contributed by atoms with Crippen LogP contribution in [0.15, 0.2) is 11.8 Å². The fraction of sp³-hybridized carbons (Fsp3) is 0.647. The number of hydrogen-bond acceptors (Lipinski definition) is 3. The Kier molecular flexibility index (Phi) is 3.87. The van der Waals surface area contributed by atoms with E-state index in [-0.39, 0.29) is 5.78 Å². The SMILES string of the molecule is CN(C)C=C1CCc2nn(C)c(C3CCCCC3)c2C1=O. The van der Waals surface area contributed by atoms with Crippen molar-refractivity contribution in [2.75, 3.05) is 14.1 Å². The summed E-state index contributed by atoms with van der Waals surface area (Å²) in [6.45, 7) is 0. The van der Waals surface area contributed by atoms with Crippen LogP contribution < -0.4 is 0 Å². The molecule has 114 valence electrons. The number of ketones is 1. The van der Waals surface area contributed by atoms with Gasteiger partial charge in [0, 0.05) is 38.8 Å². The zero-order chi connectivity index (χ0) is 15.0. The van der Waals surface area contributed by atoms with Gasteiger partial charge in [-0.05, 0) is 25.7 Å². The van der Waals surface area contributed by atoms with Crippen LogP contribution in [0.1, 0.15) is 66.2 Å². The van der Waals surface area contributed by atoms with Crippen LogP contribution >= 0.6 is 0 Å². The van der Waals surface area contributed by atoms with E-state index in [1.165, 1.54) is 37.8 Å². The predicted octanol–water partition coefficient (Wildman–Crippen LogP) is 3.04. The van der Waals surface area contributed by atoms with E-state index in [1.807, 2.05) is 36.9 Å². The zero-order valence-electron chi connectivity index (χ0n) is 13.4. The number of rotatable bonds is 2. The van der Waals surface area contributed by atoms with Crippen LogP contribution in [0.5, 0.6) is 0 Å². The van der Waals surface area contributed by atoms with Gasteiger partial charge in [-0.15, -0.1) is 0 Å². The molecule has 0 N–H and O–H groups in total. The minimum absolute atomic E-state index is 0.207. The topological polar surface area (TPSA) is 38.1 Å². The molecule has 1 aromatic rings. The lowest BCUT2D eigenvalue weighted by molar-refractivity contribution is 0.102. The lowest BCUT2D eigenvalue weighted by Crippen LogP contribution is -2.19. The summed E-state index contributed by atoms with van der Waals surface area (Å²) in [5, 5.41) is 4.65. The fourth-order valence-electron chi connectivity index (χ4n) is 3.82. The van der Waals surface area contributed by atoms with Crippen molar-refractivity contribution in [2.24, 2.45) is 7.05 Å². The molecule has 1 aromatic heterocycles. The molecule has 0 amide bonds. The average Bonchev–Trinajstić information content (AvgIpc) is 2.79. The van der Waals surface area contributed by atoms with E-state index in [0.717, 1.165) is 29.7 Å². The molecule has 3 rings (SSSR count). The highest BCUT2D eigenvalue weighted by Gasteiger charge is 2.32. The first kappa shape index (κ1) is 14.4. The number of fused-ring (bicyclic) bond motifs is 1. The van der Waals surface area contributed by atoms with Crippen molar-refractivity contribution in [1.82, 2.24) is 14.7 Å². The Labute approximate surface area is 126 Å². The van der Waals surface area contributed by atoms with E-state index in [2.05, 4.69) is 5.10 Å². The van der Waals surface area contributed by atoms with Crippen LogP contribution in [-0.2, 0) is 13.5 Å². The largest absolute Gasteiger partial charge is 0.383 e. The third-order valence-electron chi connectivity index (χ3n) is 4.72. The number of allylic oxidation sites excluding steroid dienone is 1. The van der Waals surface area contributed by atoms with Crippen molar-refractivity contribution in [3.8, 4) is 0 Å². The molecule has 1 heterocycles. The second-order valence-corrected chi connectivity index (χ2v) is 6.61. The lowest BCUT2D eigenvalue weighted by atomic mass is 9.81. The van der Waals surface area contributed by atoms with Gasteiger partial charge in [-0.2, -0.15) is 5.10 Å². The van der Waals surface area contributed by atoms with Crippen LogP contribution in [0.2, 0.25) is 0 Å². The van der Waals surface area contributed by atoms with Gasteiger partial charge in [0.1, 0.15) is 0 Å². The fourth-order valence-corrected chi connectivity index (χ4v) is 3.82. The van der Waals surface area contributed by atoms with Crippen LogP contribution in [0.4, 0.5) is 0 Å². The van der Waals surface area contributed by atoms with Crippen molar-refractivity contribution in [1.29, 1.82) is 0 Å². The second kappa shape index (κ2) is 5.66. The highest BCUT2D eigenvalue weighted by atomic mass is 16.1. The van der Waals surface area contributed by atoms with E-state index < -0.39 is 0 Å². The average molecular weight is 287 g/mol. The molecule has 2 aliphatic carbocycles. The number of carbonyl (C=O) groups is 1. The van der Waals surface area contributed by atoms with Gasteiger partial charge in [0.05, 0.1) is 17.0 Å². The second-order valence-electron chi connectivity index (χ2n) is 6.61.